The molecule has 1 atom stereocenters. The Morgan fingerprint density at radius 3 is 2.91 bits per heavy atom. The van der Waals surface area contributed by atoms with Gasteiger partial charge in [-0.25, -0.2) is 0 Å². The van der Waals surface area contributed by atoms with Crippen molar-refractivity contribution < 1.29 is 4.79 Å². The zero-order valence-corrected chi connectivity index (χ0v) is 7.02. The third-order valence-corrected chi connectivity index (χ3v) is 2.11. The number of nitrogens with one attached hydrogen (secondary N) is 1. The van der Waals surface area contributed by atoms with Gasteiger partial charge in [0.05, 0.1) is 0 Å². The van der Waals surface area contributed by atoms with Crippen molar-refractivity contribution in [2.24, 2.45) is 0 Å². The van der Waals surface area contributed by atoms with Gasteiger partial charge in [-0.1, -0.05) is 18.6 Å². The van der Waals surface area contributed by atoms with Crippen LogP contribution in [-0.2, 0) is 4.79 Å². The molecule has 1 fully saturated rings. The molecule has 0 aromatic carbocycles. The van der Waals surface area contributed by atoms with Crippen molar-refractivity contribution in [1.29, 1.82) is 0 Å². The summed E-state index contributed by atoms with van der Waals surface area (Å²) in [5, 5.41) is 2.89. The molecule has 1 rings (SSSR count). The lowest BCUT2D eigenvalue weighted by molar-refractivity contribution is -0.119. The van der Waals surface area contributed by atoms with Crippen molar-refractivity contribution in [3.05, 3.63) is 12.2 Å². The summed E-state index contributed by atoms with van der Waals surface area (Å²) >= 11 is 0. The largest absolute Gasteiger partial charge is 0.350 e. The summed E-state index contributed by atoms with van der Waals surface area (Å²) in [7, 11) is 0. The molecule has 1 aliphatic rings. The van der Waals surface area contributed by atoms with E-state index in [1.165, 1.54) is 18.4 Å². The minimum Gasteiger partial charge on any atom is -0.350 e. The average Bonchev–Trinajstić information content (AvgIpc) is 1.93. The standard InChI is InChI=1S/C9H15NO/c1-7-5-3-4-6-9(7)10-8(2)11/h9H,1,3-6H2,2H3,(H,10,11). The van der Waals surface area contributed by atoms with Gasteiger partial charge in [-0.2, -0.15) is 0 Å². The Morgan fingerprint density at radius 2 is 2.36 bits per heavy atom. The number of carbonyl (C=O) groups is 1. The summed E-state index contributed by atoms with van der Waals surface area (Å²) in [6.07, 6.45) is 4.59. The summed E-state index contributed by atoms with van der Waals surface area (Å²) < 4.78 is 0. The molecule has 1 amide bonds. The van der Waals surface area contributed by atoms with E-state index in [2.05, 4.69) is 11.9 Å². The van der Waals surface area contributed by atoms with E-state index in [0.717, 1.165) is 12.8 Å². The van der Waals surface area contributed by atoms with Crippen molar-refractivity contribution in [3.63, 3.8) is 0 Å². The molecule has 0 saturated heterocycles. The number of hydrogen-bond donors (Lipinski definition) is 1. The Labute approximate surface area is 67.7 Å². The number of rotatable bonds is 1. The molecule has 2 nitrogen and oxygen atoms in total. The first-order valence-corrected chi connectivity index (χ1v) is 4.15. The number of amides is 1. The molecular weight excluding hydrogens is 138 g/mol. The maximum absolute atomic E-state index is 10.7. The van der Waals surface area contributed by atoms with Crippen molar-refractivity contribution >= 4 is 5.91 Å². The van der Waals surface area contributed by atoms with E-state index in [1.54, 1.807) is 6.92 Å². The molecule has 1 N–H and O–H groups in total. The Bertz CT molecular complexity index is 174. The third-order valence-electron chi connectivity index (χ3n) is 2.11. The highest BCUT2D eigenvalue weighted by molar-refractivity contribution is 5.73. The molecule has 1 aliphatic carbocycles. The molecule has 0 radical (unpaired) electrons. The molecule has 11 heavy (non-hydrogen) atoms. The monoisotopic (exact) mass is 153 g/mol. The van der Waals surface area contributed by atoms with E-state index in [9.17, 15) is 4.79 Å². The molecule has 1 unspecified atom stereocenters. The van der Waals surface area contributed by atoms with E-state index in [1.807, 2.05) is 0 Å². The van der Waals surface area contributed by atoms with Crippen molar-refractivity contribution in [2.45, 2.75) is 38.6 Å². The lowest BCUT2D eigenvalue weighted by atomic mass is 9.91. The predicted octanol–water partition coefficient (Wildman–Crippen LogP) is 1.62. The Hall–Kier alpha value is -0.790. The maximum Gasteiger partial charge on any atom is 0.217 e. The highest BCUT2D eigenvalue weighted by atomic mass is 16.1. The van der Waals surface area contributed by atoms with Gasteiger partial charge in [-0.05, 0) is 19.3 Å². The van der Waals surface area contributed by atoms with E-state index in [4.69, 9.17) is 0 Å². The van der Waals surface area contributed by atoms with Crippen LogP contribution < -0.4 is 5.32 Å². The van der Waals surface area contributed by atoms with E-state index < -0.39 is 0 Å². The molecule has 0 bridgehead atoms. The zero-order chi connectivity index (χ0) is 8.27. The van der Waals surface area contributed by atoms with Crippen molar-refractivity contribution in [1.82, 2.24) is 5.32 Å². The van der Waals surface area contributed by atoms with Crippen LogP contribution in [0.15, 0.2) is 12.2 Å². The first kappa shape index (κ1) is 8.31. The molecular formula is C9H15NO. The normalized spacial score (nSPS) is 24.8. The lowest BCUT2D eigenvalue weighted by Crippen LogP contribution is -2.35. The second kappa shape index (κ2) is 3.56. The molecule has 0 aromatic rings. The topological polar surface area (TPSA) is 29.1 Å². The second-order valence-electron chi connectivity index (χ2n) is 3.16. The highest BCUT2D eigenvalue weighted by Crippen LogP contribution is 2.21. The predicted molar refractivity (Wildman–Crippen MR) is 45.2 cm³/mol. The van der Waals surface area contributed by atoms with Gasteiger partial charge in [0.1, 0.15) is 0 Å². The van der Waals surface area contributed by atoms with Crippen LogP contribution in [0.2, 0.25) is 0 Å². The van der Waals surface area contributed by atoms with Crippen LogP contribution >= 0.6 is 0 Å². The molecule has 0 aromatic heterocycles. The summed E-state index contributed by atoms with van der Waals surface area (Å²) in [6, 6.07) is 0.251. The van der Waals surface area contributed by atoms with Crippen LogP contribution in [0.4, 0.5) is 0 Å². The third kappa shape index (κ3) is 2.37. The van der Waals surface area contributed by atoms with Gasteiger partial charge < -0.3 is 5.32 Å². The van der Waals surface area contributed by atoms with E-state index in [-0.39, 0.29) is 11.9 Å². The van der Waals surface area contributed by atoms with Gasteiger partial charge >= 0.3 is 0 Å². The number of hydrogen-bond acceptors (Lipinski definition) is 1. The van der Waals surface area contributed by atoms with Gasteiger partial charge in [0, 0.05) is 13.0 Å². The van der Waals surface area contributed by atoms with Gasteiger partial charge in [-0.15, -0.1) is 0 Å². The molecule has 0 aliphatic heterocycles. The minimum atomic E-state index is 0.0538. The molecule has 2 heteroatoms. The maximum atomic E-state index is 10.7. The van der Waals surface area contributed by atoms with Gasteiger partial charge in [0.25, 0.3) is 0 Å². The molecule has 1 saturated carbocycles. The van der Waals surface area contributed by atoms with Crippen LogP contribution in [-0.4, -0.2) is 11.9 Å². The minimum absolute atomic E-state index is 0.0538. The van der Waals surface area contributed by atoms with E-state index >= 15 is 0 Å². The Balaban J connectivity index is 2.42. The fourth-order valence-electron chi connectivity index (χ4n) is 1.50. The fourth-order valence-corrected chi connectivity index (χ4v) is 1.50. The fraction of sp³-hybridized carbons (Fsp3) is 0.667. The Kier molecular flexibility index (Phi) is 2.69. The molecule has 0 spiro atoms. The first-order valence-electron chi connectivity index (χ1n) is 4.15. The van der Waals surface area contributed by atoms with Gasteiger partial charge in [0.2, 0.25) is 5.91 Å². The number of carbonyl (C=O) groups excluding carboxylic acids is 1. The van der Waals surface area contributed by atoms with Crippen molar-refractivity contribution in [3.8, 4) is 0 Å². The van der Waals surface area contributed by atoms with Crippen LogP contribution in [0.25, 0.3) is 0 Å². The first-order chi connectivity index (χ1) is 5.20. The summed E-state index contributed by atoms with van der Waals surface area (Å²) in [5.74, 6) is 0.0538. The van der Waals surface area contributed by atoms with Gasteiger partial charge in [-0.3, -0.25) is 4.79 Å². The quantitative estimate of drug-likeness (QED) is 0.570. The van der Waals surface area contributed by atoms with Gasteiger partial charge in [0.15, 0.2) is 0 Å². The van der Waals surface area contributed by atoms with Crippen LogP contribution in [0.3, 0.4) is 0 Å². The SMILES string of the molecule is C=C1CCCCC1NC(C)=O. The van der Waals surface area contributed by atoms with Crippen LogP contribution in [0.1, 0.15) is 32.6 Å². The van der Waals surface area contributed by atoms with Crippen LogP contribution in [0, 0.1) is 0 Å². The smallest absolute Gasteiger partial charge is 0.217 e. The molecule has 0 heterocycles. The Morgan fingerprint density at radius 1 is 1.64 bits per heavy atom. The summed E-state index contributed by atoms with van der Waals surface area (Å²) in [5.41, 5.74) is 1.19. The summed E-state index contributed by atoms with van der Waals surface area (Å²) in [4.78, 5) is 10.7. The lowest BCUT2D eigenvalue weighted by Gasteiger charge is -2.24. The van der Waals surface area contributed by atoms with Crippen molar-refractivity contribution in [2.75, 3.05) is 0 Å². The highest BCUT2D eigenvalue weighted by Gasteiger charge is 2.16. The molecule has 62 valence electrons. The summed E-state index contributed by atoms with van der Waals surface area (Å²) in [6.45, 7) is 5.49. The zero-order valence-electron chi connectivity index (χ0n) is 7.02. The average molecular weight is 153 g/mol. The van der Waals surface area contributed by atoms with E-state index in [0.29, 0.717) is 0 Å². The second-order valence-corrected chi connectivity index (χ2v) is 3.16. The van der Waals surface area contributed by atoms with Crippen LogP contribution in [0.5, 0.6) is 0 Å².